The molecule has 2 atom stereocenters. The van der Waals surface area contributed by atoms with Gasteiger partial charge in [0.15, 0.2) is 5.13 Å². The molecule has 1 aromatic heterocycles. The molecule has 2 saturated heterocycles. The van der Waals surface area contributed by atoms with Crippen LogP contribution >= 0.6 is 11.3 Å². The molecular weight excluding hydrogens is 400 g/mol. The standard InChI is InChI=1S/C22H26N4O3S/c27-18-10-4-5-13-26(18)19(16-7-2-1-3-8-16)21(29)25-12-6-9-17(15-25)20(28)24-22-23-11-14-30-22/h1-3,7-8,11,14,17,19H,4-6,9-10,12-13,15H2,(H,23,24,28). The van der Waals surface area contributed by atoms with Crippen molar-refractivity contribution in [2.45, 2.75) is 38.1 Å². The predicted octanol–water partition coefficient (Wildman–Crippen LogP) is 3.07. The van der Waals surface area contributed by atoms with E-state index >= 15 is 0 Å². The minimum atomic E-state index is -0.625. The van der Waals surface area contributed by atoms with Crippen molar-refractivity contribution in [2.75, 3.05) is 25.0 Å². The Morgan fingerprint density at radius 2 is 1.97 bits per heavy atom. The number of aromatic nitrogens is 1. The van der Waals surface area contributed by atoms with E-state index in [1.807, 2.05) is 35.7 Å². The Hall–Kier alpha value is -2.74. The molecule has 0 bridgehead atoms. The summed E-state index contributed by atoms with van der Waals surface area (Å²) < 4.78 is 0. The first-order chi connectivity index (χ1) is 14.6. The first-order valence-electron chi connectivity index (χ1n) is 10.5. The zero-order chi connectivity index (χ0) is 20.9. The van der Waals surface area contributed by atoms with E-state index in [4.69, 9.17) is 0 Å². The lowest BCUT2D eigenvalue weighted by Gasteiger charge is -2.39. The predicted molar refractivity (Wildman–Crippen MR) is 115 cm³/mol. The number of rotatable bonds is 5. The van der Waals surface area contributed by atoms with Crippen LogP contribution in [0.4, 0.5) is 5.13 Å². The number of thiazole rings is 1. The average Bonchev–Trinajstić information content (AvgIpc) is 3.29. The third-order valence-corrected chi connectivity index (χ3v) is 6.48. The van der Waals surface area contributed by atoms with Crippen molar-refractivity contribution in [1.82, 2.24) is 14.8 Å². The summed E-state index contributed by atoms with van der Waals surface area (Å²) in [6, 6.07) is 8.87. The number of hydrogen-bond acceptors (Lipinski definition) is 5. The molecule has 0 radical (unpaired) electrons. The molecule has 1 N–H and O–H groups in total. The van der Waals surface area contributed by atoms with E-state index in [1.54, 1.807) is 16.0 Å². The maximum absolute atomic E-state index is 13.6. The Morgan fingerprint density at radius 1 is 1.13 bits per heavy atom. The maximum atomic E-state index is 13.6. The molecule has 2 fully saturated rings. The Bertz CT molecular complexity index is 887. The fourth-order valence-electron chi connectivity index (χ4n) is 4.25. The lowest BCUT2D eigenvalue weighted by molar-refractivity contribution is -0.149. The second kappa shape index (κ2) is 9.38. The molecule has 2 aliphatic heterocycles. The Labute approximate surface area is 180 Å². The van der Waals surface area contributed by atoms with Gasteiger partial charge in [0.1, 0.15) is 6.04 Å². The smallest absolute Gasteiger partial charge is 0.250 e. The number of piperidine rings is 2. The third kappa shape index (κ3) is 4.53. The van der Waals surface area contributed by atoms with Gasteiger partial charge in [0.25, 0.3) is 0 Å². The van der Waals surface area contributed by atoms with E-state index in [0.29, 0.717) is 31.2 Å². The van der Waals surface area contributed by atoms with Crippen LogP contribution in [-0.4, -0.2) is 52.1 Å². The number of carbonyl (C=O) groups is 3. The monoisotopic (exact) mass is 426 g/mol. The van der Waals surface area contributed by atoms with E-state index in [2.05, 4.69) is 10.3 Å². The fourth-order valence-corrected chi connectivity index (χ4v) is 4.78. The van der Waals surface area contributed by atoms with E-state index in [9.17, 15) is 14.4 Å². The van der Waals surface area contributed by atoms with Crippen LogP contribution in [0.15, 0.2) is 41.9 Å². The molecule has 3 amide bonds. The van der Waals surface area contributed by atoms with Gasteiger partial charge in [-0.05, 0) is 31.2 Å². The topological polar surface area (TPSA) is 82.6 Å². The zero-order valence-electron chi connectivity index (χ0n) is 16.8. The number of carbonyl (C=O) groups excluding carboxylic acids is 3. The van der Waals surface area contributed by atoms with Crippen molar-refractivity contribution in [2.24, 2.45) is 5.92 Å². The molecule has 30 heavy (non-hydrogen) atoms. The summed E-state index contributed by atoms with van der Waals surface area (Å²) >= 11 is 1.38. The van der Waals surface area contributed by atoms with Crippen LogP contribution in [0.5, 0.6) is 0 Å². The van der Waals surface area contributed by atoms with Gasteiger partial charge in [0.05, 0.1) is 5.92 Å². The second-order valence-electron chi connectivity index (χ2n) is 7.81. The summed E-state index contributed by atoms with van der Waals surface area (Å²) in [6.45, 7) is 1.55. The van der Waals surface area contributed by atoms with Crippen LogP contribution in [0.25, 0.3) is 0 Å². The summed E-state index contributed by atoms with van der Waals surface area (Å²) in [6.07, 6.45) is 5.40. The molecule has 8 heteroatoms. The Kier molecular flexibility index (Phi) is 6.42. The molecule has 2 aliphatic rings. The Balaban J connectivity index is 1.52. The lowest BCUT2D eigenvalue weighted by atomic mass is 9.94. The number of nitrogens with zero attached hydrogens (tertiary/aromatic N) is 3. The minimum Gasteiger partial charge on any atom is -0.340 e. The van der Waals surface area contributed by atoms with E-state index in [1.165, 1.54) is 11.3 Å². The third-order valence-electron chi connectivity index (χ3n) is 5.79. The van der Waals surface area contributed by atoms with Crippen LogP contribution in [0.3, 0.4) is 0 Å². The fraction of sp³-hybridized carbons (Fsp3) is 0.455. The van der Waals surface area contributed by atoms with Crippen molar-refractivity contribution in [1.29, 1.82) is 0 Å². The summed E-state index contributed by atoms with van der Waals surface area (Å²) in [5.74, 6) is -0.449. The highest BCUT2D eigenvalue weighted by atomic mass is 32.1. The van der Waals surface area contributed by atoms with Gasteiger partial charge >= 0.3 is 0 Å². The van der Waals surface area contributed by atoms with Crippen LogP contribution in [-0.2, 0) is 14.4 Å². The highest BCUT2D eigenvalue weighted by Crippen LogP contribution is 2.30. The number of amides is 3. The minimum absolute atomic E-state index is 0.0264. The Morgan fingerprint density at radius 3 is 2.70 bits per heavy atom. The molecule has 3 heterocycles. The van der Waals surface area contributed by atoms with E-state index in [-0.39, 0.29) is 23.6 Å². The van der Waals surface area contributed by atoms with Gasteiger partial charge in [-0.15, -0.1) is 11.3 Å². The van der Waals surface area contributed by atoms with Gasteiger partial charge in [-0.3, -0.25) is 14.4 Å². The first-order valence-corrected chi connectivity index (χ1v) is 11.3. The average molecular weight is 427 g/mol. The SMILES string of the molecule is O=C(Nc1nccs1)C1CCCN(C(=O)C(c2ccccc2)N2CCCCC2=O)C1. The van der Waals surface area contributed by atoms with Gasteiger partial charge in [0, 0.05) is 37.6 Å². The number of hydrogen-bond donors (Lipinski definition) is 1. The summed E-state index contributed by atoms with van der Waals surface area (Å²) in [7, 11) is 0. The van der Waals surface area contributed by atoms with Crippen LogP contribution in [0.2, 0.25) is 0 Å². The molecule has 7 nitrogen and oxygen atoms in total. The highest BCUT2D eigenvalue weighted by Gasteiger charge is 2.37. The molecule has 0 saturated carbocycles. The van der Waals surface area contributed by atoms with Crippen LogP contribution in [0.1, 0.15) is 43.7 Å². The van der Waals surface area contributed by atoms with Crippen LogP contribution < -0.4 is 5.32 Å². The van der Waals surface area contributed by atoms with E-state index < -0.39 is 6.04 Å². The molecule has 2 unspecified atom stereocenters. The van der Waals surface area contributed by atoms with Crippen molar-refractivity contribution in [3.63, 3.8) is 0 Å². The summed E-state index contributed by atoms with van der Waals surface area (Å²) in [5.41, 5.74) is 0.826. The largest absolute Gasteiger partial charge is 0.340 e. The first kappa shape index (κ1) is 20.5. The van der Waals surface area contributed by atoms with Crippen molar-refractivity contribution in [3.05, 3.63) is 47.5 Å². The maximum Gasteiger partial charge on any atom is 0.250 e. The zero-order valence-corrected chi connectivity index (χ0v) is 17.6. The number of anilines is 1. The number of likely N-dealkylation sites (tertiary alicyclic amines) is 2. The second-order valence-corrected chi connectivity index (χ2v) is 8.70. The lowest BCUT2D eigenvalue weighted by Crippen LogP contribution is -2.50. The van der Waals surface area contributed by atoms with E-state index in [0.717, 1.165) is 31.2 Å². The molecule has 158 valence electrons. The quantitative estimate of drug-likeness (QED) is 0.797. The number of benzene rings is 1. The normalized spacial score (nSPS) is 20.7. The van der Waals surface area contributed by atoms with Crippen molar-refractivity contribution >= 4 is 34.2 Å². The van der Waals surface area contributed by atoms with Gasteiger partial charge in [-0.1, -0.05) is 30.3 Å². The molecular formula is C22H26N4O3S. The summed E-state index contributed by atoms with van der Waals surface area (Å²) in [4.78, 5) is 46.5. The molecule has 0 aliphatic carbocycles. The van der Waals surface area contributed by atoms with Crippen molar-refractivity contribution < 1.29 is 14.4 Å². The van der Waals surface area contributed by atoms with Gasteiger partial charge in [0.2, 0.25) is 17.7 Å². The molecule has 0 spiro atoms. The van der Waals surface area contributed by atoms with Crippen LogP contribution in [0, 0.1) is 5.92 Å². The van der Waals surface area contributed by atoms with Gasteiger partial charge < -0.3 is 15.1 Å². The highest BCUT2D eigenvalue weighted by molar-refractivity contribution is 7.13. The summed E-state index contributed by atoms with van der Waals surface area (Å²) in [5, 5.41) is 5.23. The molecule has 4 rings (SSSR count). The van der Waals surface area contributed by atoms with Gasteiger partial charge in [-0.2, -0.15) is 0 Å². The van der Waals surface area contributed by atoms with Crippen molar-refractivity contribution in [3.8, 4) is 0 Å². The van der Waals surface area contributed by atoms with Gasteiger partial charge in [-0.25, -0.2) is 4.98 Å². The molecule has 2 aromatic rings. The molecule has 1 aromatic carbocycles. The number of nitrogens with one attached hydrogen (secondary N) is 1.